The summed E-state index contributed by atoms with van der Waals surface area (Å²) in [5.41, 5.74) is 2.28. The van der Waals surface area contributed by atoms with Crippen LogP contribution in [0.2, 0.25) is 0 Å². The third-order valence-corrected chi connectivity index (χ3v) is 4.77. The minimum absolute atomic E-state index is 0. The highest BCUT2D eigenvalue weighted by atomic mass is 35.5. The number of esters is 1. The van der Waals surface area contributed by atoms with Crippen LogP contribution in [0, 0.1) is 0 Å². The normalized spacial score (nSPS) is 13.5. The van der Waals surface area contributed by atoms with Crippen molar-refractivity contribution < 1.29 is 19.1 Å². The van der Waals surface area contributed by atoms with Gasteiger partial charge >= 0.3 is 5.97 Å². The van der Waals surface area contributed by atoms with Gasteiger partial charge in [-0.1, -0.05) is 0 Å². The number of carbonyl (C=O) groups excluding carboxylic acids is 2. The van der Waals surface area contributed by atoms with Gasteiger partial charge in [-0.25, -0.2) is 4.79 Å². The number of hydrogen-bond donors (Lipinski definition) is 1. The number of benzene rings is 2. The van der Waals surface area contributed by atoms with Gasteiger partial charge in [-0.2, -0.15) is 0 Å². The van der Waals surface area contributed by atoms with E-state index in [0.29, 0.717) is 17.8 Å². The molecule has 0 radical (unpaired) electrons. The molecule has 9 heteroatoms. The fourth-order valence-corrected chi connectivity index (χ4v) is 3.17. The number of halogens is 2. The van der Waals surface area contributed by atoms with Crippen LogP contribution in [0.1, 0.15) is 10.4 Å². The minimum Gasteiger partial charge on any atom is -0.497 e. The third kappa shape index (κ3) is 6.79. The second-order valence-corrected chi connectivity index (χ2v) is 6.58. The maximum atomic E-state index is 12.3. The summed E-state index contributed by atoms with van der Waals surface area (Å²) >= 11 is 0. The van der Waals surface area contributed by atoms with E-state index in [1.807, 2.05) is 12.1 Å². The Morgan fingerprint density at radius 1 is 0.900 bits per heavy atom. The molecule has 1 saturated heterocycles. The van der Waals surface area contributed by atoms with Gasteiger partial charge in [0.25, 0.3) is 0 Å². The van der Waals surface area contributed by atoms with Crippen LogP contribution in [0.5, 0.6) is 5.75 Å². The average Bonchev–Trinajstić information content (AvgIpc) is 2.74. The minimum atomic E-state index is -0.396. The predicted octanol–water partition coefficient (Wildman–Crippen LogP) is 3.09. The zero-order valence-corrected chi connectivity index (χ0v) is 18.6. The molecule has 1 heterocycles. The topological polar surface area (TPSA) is 71.1 Å². The van der Waals surface area contributed by atoms with E-state index in [9.17, 15) is 9.59 Å². The summed E-state index contributed by atoms with van der Waals surface area (Å²) < 4.78 is 9.86. The summed E-state index contributed by atoms with van der Waals surface area (Å²) in [6.07, 6.45) is 0. The molecular weight excluding hydrogens is 429 g/mol. The third-order valence-electron chi connectivity index (χ3n) is 4.77. The Balaban J connectivity index is 0.00000225. The van der Waals surface area contributed by atoms with Gasteiger partial charge in [0.2, 0.25) is 5.91 Å². The van der Waals surface area contributed by atoms with Crippen LogP contribution in [0.25, 0.3) is 0 Å². The molecule has 0 saturated carbocycles. The molecule has 0 unspecified atom stereocenters. The van der Waals surface area contributed by atoms with Crippen molar-refractivity contribution in [1.29, 1.82) is 0 Å². The van der Waals surface area contributed by atoms with Crippen LogP contribution >= 0.6 is 24.8 Å². The van der Waals surface area contributed by atoms with Gasteiger partial charge in [-0.05, 0) is 48.5 Å². The van der Waals surface area contributed by atoms with Crippen LogP contribution in [-0.4, -0.2) is 63.7 Å². The number of nitrogens with one attached hydrogen (secondary N) is 1. The molecular formula is C21H27Cl2N3O4. The van der Waals surface area contributed by atoms with E-state index in [2.05, 4.69) is 32.0 Å². The largest absolute Gasteiger partial charge is 0.497 e. The molecule has 2 aromatic rings. The lowest BCUT2D eigenvalue weighted by molar-refractivity contribution is -0.117. The van der Waals surface area contributed by atoms with Gasteiger partial charge in [-0.15, -0.1) is 24.8 Å². The molecule has 164 valence electrons. The molecule has 0 atom stereocenters. The van der Waals surface area contributed by atoms with Crippen molar-refractivity contribution in [2.24, 2.45) is 0 Å². The zero-order chi connectivity index (χ0) is 19.9. The van der Waals surface area contributed by atoms with Crippen LogP contribution in [0.4, 0.5) is 11.4 Å². The van der Waals surface area contributed by atoms with E-state index in [1.165, 1.54) is 7.11 Å². The molecule has 0 spiro atoms. The first-order valence-corrected chi connectivity index (χ1v) is 9.18. The molecule has 1 aliphatic heterocycles. The average molecular weight is 456 g/mol. The van der Waals surface area contributed by atoms with Crippen LogP contribution in [0.3, 0.4) is 0 Å². The van der Waals surface area contributed by atoms with E-state index in [4.69, 9.17) is 4.74 Å². The van der Waals surface area contributed by atoms with Gasteiger partial charge in [0.05, 0.1) is 26.3 Å². The quantitative estimate of drug-likeness (QED) is 0.674. The van der Waals surface area contributed by atoms with E-state index >= 15 is 0 Å². The molecule has 2 aromatic carbocycles. The van der Waals surface area contributed by atoms with Crippen molar-refractivity contribution in [1.82, 2.24) is 4.90 Å². The lowest BCUT2D eigenvalue weighted by atomic mass is 10.2. The van der Waals surface area contributed by atoms with Crippen molar-refractivity contribution in [2.75, 3.05) is 57.2 Å². The summed E-state index contributed by atoms with van der Waals surface area (Å²) in [7, 11) is 3.00. The van der Waals surface area contributed by atoms with Crippen molar-refractivity contribution in [2.45, 2.75) is 0 Å². The highest BCUT2D eigenvalue weighted by molar-refractivity contribution is 5.94. The van der Waals surface area contributed by atoms with Crippen molar-refractivity contribution in [3.05, 3.63) is 54.1 Å². The van der Waals surface area contributed by atoms with Gasteiger partial charge < -0.3 is 19.7 Å². The summed E-state index contributed by atoms with van der Waals surface area (Å²) in [6.45, 7) is 3.72. The number of amides is 1. The number of carbonyl (C=O) groups is 2. The molecule has 3 rings (SSSR count). The molecule has 1 aliphatic rings. The highest BCUT2D eigenvalue weighted by Crippen LogP contribution is 2.20. The van der Waals surface area contributed by atoms with Crippen molar-refractivity contribution >= 4 is 48.1 Å². The smallest absolute Gasteiger partial charge is 0.337 e. The lowest BCUT2D eigenvalue weighted by Gasteiger charge is -2.35. The second-order valence-electron chi connectivity index (χ2n) is 6.58. The molecule has 0 bridgehead atoms. The molecule has 1 N–H and O–H groups in total. The van der Waals surface area contributed by atoms with Gasteiger partial charge in [0, 0.05) is 37.6 Å². The van der Waals surface area contributed by atoms with E-state index in [-0.39, 0.29) is 30.7 Å². The predicted molar refractivity (Wildman–Crippen MR) is 123 cm³/mol. The van der Waals surface area contributed by atoms with Crippen LogP contribution in [-0.2, 0) is 9.53 Å². The monoisotopic (exact) mass is 455 g/mol. The van der Waals surface area contributed by atoms with E-state index < -0.39 is 5.97 Å². The fraction of sp³-hybridized carbons (Fsp3) is 0.333. The highest BCUT2D eigenvalue weighted by Gasteiger charge is 2.19. The first-order valence-electron chi connectivity index (χ1n) is 9.18. The summed E-state index contributed by atoms with van der Waals surface area (Å²) in [5, 5.41) is 2.87. The number of ether oxygens (including phenoxy) is 2. The molecule has 7 nitrogen and oxygen atoms in total. The first kappa shape index (κ1) is 25.6. The Labute approximate surface area is 189 Å². The molecule has 30 heavy (non-hydrogen) atoms. The maximum Gasteiger partial charge on any atom is 0.337 e. The number of hydrogen-bond acceptors (Lipinski definition) is 6. The zero-order valence-electron chi connectivity index (χ0n) is 17.0. The van der Waals surface area contributed by atoms with E-state index in [1.54, 1.807) is 31.4 Å². The Morgan fingerprint density at radius 2 is 1.50 bits per heavy atom. The van der Waals surface area contributed by atoms with Crippen molar-refractivity contribution in [3.8, 4) is 5.75 Å². The maximum absolute atomic E-state index is 12.3. The number of piperazine rings is 1. The number of anilines is 2. The Morgan fingerprint density at radius 3 is 2.03 bits per heavy atom. The fourth-order valence-electron chi connectivity index (χ4n) is 3.17. The van der Waals surface area contributed by atoms with Gasteiger partial charge in [-0.3, -0.25) is 9.69 Å². The summed E-state index contributed by atoms with van der Waals surface area (Å²) in [4.78, 5) is 28.2. The number of nitrogens with zero attached hydrogens (tertiary/aromatic N) is 2. The Kier molecular flexibility index (Phi) is 10.5. The van der Waals surface area contributed by atoms with Gasteiger partial charge in [0.15, 0.2) is 0 Å². The van der Waals surface area contributed by atoms with Crippen molar-refractivity contribution in [3.63, 3.8) is 0 Å². The summed E-state index contributed by atoms with van der Waals surface area (Å²) in [5.74, 6) is 0.384. The molecule has 0 aliphatic carbocycles. The Hall–Kier alpha value is -2.48. The number of rotatable bonds is 6. The second kappa shape index (κ2) is 12.3. The SMILES string of the molecule is COC(=O)c1ccc(NC(=O)CN2CCN(c3ccc(OC)cc3)CC2)cc1.Cl.Cl. The van der Waals surface area contributed by atoms with Gasteiger partial charge in [0.1, 0.15) is 5.75 Å². The molecule has 1 fully saturated rings. The summed E-state index contributed by atoms with van der Waals surface area (Å²) in [6, 6.07) is 14.7. The van der Waals surface area contributed by atoms with E-state index in [0.717, 1.165) is 37.6 Å². The Bertz CT molecular complexity index is 808. The van der Waals surface area contributed by atoms with Crippen LogP contribution < -0.4 is 15.0 Å². The number of methoxy groups -OCH3 is 2. The standard InChI is InChI=1S/C21H25N3O4.2ClH/c1-27-19-9-7-18(8-10-19)24-13-11-23(12-14-24)15-20(25)22-17-5-3-16(4-6-17)21(26)28-2;;/h3-10H,11-15H2,1-2H3,(H,22,25);2*1H. The molecule has 1 amide bonds. The first-order chi connectivity index (χ1) is 13.6. The lowest BCUT2D eigenvalue weighted by Crippen LogP contribution is -2.48. The molecule has 0 aromatic heterocycles. The van der Waals surface area contributed by atoms with Crippen LogP contribution in [0.15, 0.2) is 48.5 Å².